The molecule has 0 saturated heterocycles. The SMILES string of the molecule is O=C(NN=Cc1c(Sc2ccccc2)nc2ccccn2c1=O)c1ccccc1O. The van der Waals surface area contributed by atoms with Crippen molar-refractivity contribution in [3.63, 3.8) is 0 Å². The molecule has 0 atom stereocenters. The number of carbonyl (C=O) groups is 1. The highest BCUT2D eigenvalue weighted by Gasteiger charge is 2.13. The number of phenolic OH excluding ortho intramolecular Hbond substituents is 1. The maximum absolute atomic E-state index is 13.0. The van der Waals surface area contributed by atoms with Crippen LogP contribution in [-0.2, 0) is 0 Å². The molecule has 4 rings (SSSR count). The first kappa shape index (κ1) is 19.4. The molecular weight excluding hydrogens is 400 g/mol. The van der Waals surface area contributed by atoms with Gasteiger partial charge in [-0.25, -0.2) is 10.4 Å². The van der Waals surface area contributed by atoms with Gasteiger partial charge < -0.3 is 5.11 Å². The van der Waals surface area contributed by atoms with Gasteiger partial charge in [0.25, 0.3) is 11.5 Å². The molecule has 0 radical (unpaired) electrons. The van der Waals surface area contributed by atoms with E-state index < -0.39 is 5.91 Å². The first-order valence-electron chi connectivity index (χ1n) is 8.99. The lowest BCUT2D eigenvalue weighted by Crippen LogP contribution is -2.23. The van der Waals surface area contributed by atoms with Crippen molar-refractivity contribution in [2.75, 3.05) is 0 Å². The second-order valence-corrected chi connectivity index (χ2v) is 7.26. The number of pyridine rings is 1. The van der Waals surface area contributed by atoms with Gasteiger partial charge >= 0.3 is 0 Å². The lowest BCUT2D eigenvalue weighted by molar-refractivity contribution is 0.0952. The lowest BCUT2D eigenvalue weighted by Gasteiger charge is -2.08. The number of aromatic nitrogens is 2. The zero-order chi connectivity index (χ0) is 20.9. The number of rotatable bonds is 5. The Bertz CT molecular complexity index is 1300. The first-order chi connectivity index (χ1) is 14.6. The van der Waals surface area contributed by atoms with Crippen LogP contribution in [-0.4, -0.2) is 26.6 Å². The Balaban J connectivity index is 1.69. The van der Waals surface area contributed by atoms with Crippen molar-refractivity contribution in [3.05, 3.63) is 100 Å². The van der Waals surface area contributed by atoms with Crippen molar-refractivity contribution in [3.8, 4) is 5.75 Å². The molecule has 0 bridgehead atoms. The van der Waals surface area contributed by atoms with Crippen LogP contribution in [0.4, 0.5) is 0 Å². The van der Waals surface area contributed by atoms with E-state index >= 15 is 0 Å². The third-order valence-electron chi connectivity index (χ3n) is 4.20. The highest BCUT2D eigenvalue weighted by molar-refractivity contribution is 7.99. The number of hydrogen-bond acceptors (Lipinski definition) is 6. The minimum Gasteiger partial charge on any atom is -0.507 e. The number of phenols is 1. The van der Waals surface area contributed by atoms with Gasteiger partial charge in [0.15, 0.2) is 0 Å². The van der Waals surface area contributed by atoms with Gasteiger partial charge in [0.2, 0.25) is 0 Å². The highest BCUT2D eigenvalue weighted by Crippen LogP contribution is 2.27. The van der Waals surface area contributed by atoms with E-state index in [9.17, 15) is 14.7 Å². The summed E-state index contributed by atoms with van der Waals surface area (Å²) in [6, 6.07) is 21.0. The molecule has 2 aromatic carbocycles. The molecule has 0 fully saturated rings. The molecule has 1 amide bonds. The van der Waals surface area contributed by atoms with Crippen molar-refractivity contribution in [1.82, 2.24) is 14.8 Å². The van der Waals surface area contributed by atoms with E-state index in [4.69, 9.17) is 0 Å². The molecule has 0 aliphatic heterocycles. The van der Waals surface area contributed by atoms with Crippen molar-refractivity contribution in [2.45, 2.75) is 9.92 Å². The molecule has 0 aliphatic rings. The summed E-state index contributed by atoms with van der Waals surface area (Å²) in [6.07, 6.45) is 2.90. The van der Waals surface area contributed by atoms with Gasteiger partial charge in [-0.15, -0.1) is 0 Å². The zero-order valence-corrected chi connectivity index (χ0v) is 16.4. The van der Waals surface area contributed by atoms with Crippen molar-refractivity contribution >= 4 is 29.5 Å². The Morgan fingerprint density at radius 3 is 2.57 bits per heavy atom. The Hall–Kier alpha value is -3.91. The molecule has 0 saturated carbocycles. The molecule has 0 unspecified atom stereocenters. The van der Waals surface area contributed by atoms with Gasteiger partial charge in [0.1, 0.15) is 16.4 Å². The predicted octanol–water partition coefficient (Wildman–Crippen LogP) is 3.32. The maximum Gasteiger partial charge on any atom is 0.275 e. The molecule has 7 nitrogen and oxygen atoms in total. The number of nitrogens with one attached hydrogen (secondary N) is 1. The Labute approximate surface area is 175 Å². The van der Waals surface area contributed by atoms with Crippen LogP contribution in [0, 0.1) is 0 Å². The molecule has 2 aromatic heterocycles. The van der Waals surface area contributed by atoms with E-state index in [2.05, 4.69) is 15.5 Å². The second-order valence-electron chi connectivity index (χ2n) is 6.20. The average molecular weight is 416 g/mol. The van der Waals surface area contributed by atoms with E-state index in [-0.39, 0.29) is 22.4 Å². The monoisotopic (exact) mass is 416 g/mol. The van der Waals surface area contributed by atoms with E-state index in [0.29, 0.717) is 10.7 Å². The van der Waals surface area contributed by atoms with Gasteiger partial charge in [-0.05, 0) is 36.4 Å². The average Bonchev–Trinajstić information content (AvgIpc) is 2.77. The van der Waals surface area contributed by atoms with Crippen LogP contribution in [0.1, 0.15) is 15.9 Å². The summed E-state index contributed by atoms with van der Waals surface area (Å²) in [5, 5.41) is 14.2. The minimum atomic E-state index is -0.588. The maximum atomic E-state index is 13.0. The fraction of sp³-hybridized carbons (Fsp3) is 0. The Kier molecular flexibility index (Phi) is 5.58. The number of aromatic hydroxyl groups is 1. The van der Waals surface area contributed by atoms with E-state index in [0.717, 1.165) is 4.90 Å². The first-order valence-corrected chi connectivity index (χ1v) is 9.81. The smallest absolute Gasteiger partial charge is 0.275 e. The van der Waals surface area contributed by atoms with Crippen LogP contribution in [0.15, 0.2) is 98.8 Å². The van der Waals surface area contributed by atoms with E-state index in [1.165, 1.54) is 34.5 Å². The predicted molar refractivity (Wildman–Crippen MR) is 115 cm³/mol. The third kappa shape index (κ3) is 4.08. The molecule has 8 heteroatoms. The zero-order valence-electron chi connectivity index (χ0n) is 15.6. The number of hydrazone groups is 1. The summed E-state index contributed by atoms with van der Waals surface area (Å²) in [7, 11) is 0. The van der Waals surface area contributed by atoms with Crippen molar-refractivity contribution in [2.24, 2.45) is 5.10 Å². The van der Waals surface area contributed by atoms with Gasteiger partial charge in [0.05, 0.1) is 17.3 Å². The van der Waals surface area contributed by atoms with Gasteiger partial charge in [-0.3, -0.25) is 14.0 Å². The number of para-hydroxylation sites is 1. The standard InChI is InChI=1S/C22H16N4O3S/c27-18-11-5-4-10-16(18)20(28)25-23-14-17-21(30-15-8-2-1-3-9-15)24-19-12-6-7-13-26(19)22(17)29/h1-14,27H,(H,25,28). The molecular formula is C22H16N4O3S. The largest absolute Gasteiger partial charge is 0.507 e. The van der Waals surface area contributed by atoms with Crippen LogP contribution >= 0.6 is 11.8 Å². The van der Waals surface area contributed by atoms with Crippen LogP contribution in [0.3, 0.4) is 0 Å². The van der Waals surface area contributed by atoms with Crippen LogP contribution in [0.25, 0.3) is 5.65 Å². The second kappa shape index (κ2) is 8.62. The fourth-order valence-electron chi connectivity index (χ4n) is 2.75. The number of nitrogens with zero attached hydrogens (tertiary/aromatic N) is 3. The molecule has 2 N–H and O–H groups in total. The summed E-state index contributed by atoms with van der Waals surface area (Å²) in [5.74, 6) is -0.742. The third-order valence-corrected chi connectivity index (χ3v) is 5.21. The topological polar surface area (TPSA) is 96.1 Å². The van der Waals surface area contributed by atoms with Crippen molar-refractivity contribution in [1.29, 1.82) is 0 Å². The van der Waals surface area contributed by atoms with Gasteiger partial charge in [-0.2, -0.15) is 5.10 Å². The van der Waals surface area contributed by atoms with Gasteiger partial charge in [0, 0.05) is 11.1 Å². The molecule has 2 heterocycles. The minimum absolute atomic E-state index is 0.0851. The lowest BCUT2D eigenvalue weighted by atomic mass is 10.2. The van der Waals surface area contributed by atoms with Crippen LogP contribution < -0.4 is 11.0 Å². The number of benzene rings is 2. The van der Waals surface area contributed by atoms with Crippen LogP contribution in [0.5, 0.6) is 5.75 Å². The number of carbonyl (C=O) groups excluding carboxylic acids is 1. The molecule has 148 valence electrons. The number of hydrogen-bond donors (Lipinski definition) is 2. The summed E-state index contributed by atoms with van der Waals surface area (Å²) in [6.45, 7) is 0. The summed E-state index contributed by atoms with van der Waals surface area (Å²) >= 11 is 1.33. The normalized spacial score (nSPS) is 11.1. The Morgan fingerprint density at radius 2 is 1.77 bits per heavy atom. The Morgan fingerprint density at radius 1 is 1.03 bits per heavy atom. The van der Waals surface area contributed by atoms with Crippen molar-refractivity contribution < 1.29 is 9.90 Å². The van der Waals surface area contributed by atoms with Gasteiger partial charge in [-0.1, -0.05) is 48.2 Å². The van der Waals surface area contributed by atoms with Crippen LogP contribution in [0.2, 0.25) is 0 Å². The molecule has 4 aromatic rings. The summed E-state index contributed by atoms with van der Waals surface area (Å²) in [4.78, 5) is 30.7. The quantitative estimate of drug-likeness (QED) is 0.296. The highest BCUT2D eigenvalue weighted by atomic mass is 32.2. The molecule has 30 heavy (non-hydrogen) atoms. The van der Waals surface area contributed by atoms with E-state index in [1.807, 2.05) is 30.3 Å². The molecule has 0 aliphatic carbocycles. The summed E-state index contributed by atoms with van der Waals surface area (Å²) < 4.78 is 1.42. The fourth-order valence-corrected chi connectivity index (χ4v) is 3.66. The molecule has 0 spiro atoms. The number of fused-ring (bicyclic) bond motifs is 1. The summed E-state index contributed by atoms with van der Waals surface area (Å²) in [5.41, 5.74) is 2.87. The van der Waals surface area contributed by atoms with E-state index in [1.54, 1.807) is 36.5 Å². The number of amides is 1.